The van der Waals surface area contributed by atoms with Crippen molar-refractivity contribution in [3.05, 3.63) is 0 Å². The van der Waals surface area contributed by atoms with Gasteiger partial charge in [-0.05, 0) is 25.2 Å². The Bertz CT molecular complexity index is 407. The Kier molecular flexibility index (Phi) is 5.53. The Hall–Kier alpha value is -1.46. The number of likely N-dealkylation sites (tertiary alicyclic amines) is 1. The Morgan fingerprint density at radius 3 is 2.23 bits per heavy atom. The highest BCUT2D eigenvalue weighted by Crippen LogP contribution is 2.30. The molecule has 0 spiro atoms. The number of amides is 3. The van der Waals surface area contributed by atoms with Crippen molar-refractivity contribution < 1.29 is 14.7 Å². The molecular formula is C16H29N3O3. The molecule has 126 valence electrons. The molecule has 2 atom stereocenters. The van der Waals surface area contributed by atoms with Crippen LogP contribution in [-0.4, -0.2) is 71.2 Å². The molecule has 22 heavy (non-hydrogen) atoms. The van der Waals surface area contributed by atoms with Crippen LogP contribution >= 0.6 is 0 Å². The van der Waals surface area contributed by atoms with Gasteiger partial charge in [0.1, 0.15) is 0 Å². The highest BCUT2D eigenvalue weighted by Gasteiger charge is 2.38. The normalized spacial score (nSPS) is 26.6. The zero-order valence-electron chi connectivity index (χ0n) is 14.0. The molecule has 1 saturated carbocycles. The van der Waals surface area contributed by atoms with Gasteiger partial charge in [-0.2, -0.15) is 0 Å². The molecule has 0 bridgehead atoms. The van der Waals surface area contributed by atoms with Crippen LogP contribution in [0.5, 0.6) is 0 Å². The van der Waals surface area contributed by atoms with E-state index in [2.05, 4.69) is 11.8 Å². The highest BCUT2D eigenvalue weighted by atomic mass is 16.4. The first-order chi connectivity index (χ1) is 10.4. The first-order valence-corrected chi connectivity index (χ1v) is 8.39. The second kappa shape index (κ2) is 7.20. The summed E-state index contributed by atoms with van der Waals surface area (Å²) >= 11 is 0. The van der Waals surface area contributed by atoms with Gasteiger partial charge < -0.3 is 19.8 Å². The third-order valence-electron chi connectivity index (χ3n) is 5.06. The molecule has 0 aromatic rings. The maximum absolute atomic E-state index is 12.7. The van der Waals surface area contributed by atoms with Gasteiger partial charge in [-0.25, -0.2) is 9.59 Å². The van der Waals surface area contributed by atoms with E-state index in [0.29, 0.717) is 19.1 Å². The second-order valence-electron chi connectivity index (χ2n) is 6.94. The highest BCUT2D eigenvalue weighted by molar-refractivity contribution is 5.74. The van der Waals surface area contributed by atoms with Crippen LogP contribution in [0.25, 0.3) is 0 Å². The van der Waals surface area contributed by atoms with Crippen LogP contribution in [0.3, 0.4) is 0 Å². The standard InChI is InChI=1S/C16H29N3O3/c1-12-11-18(16(21)22)10-9-14(12)19(15(20)17(2)3)13-7-5-4-6-8-13/h12-14H,4-11H2,1-3H3,(H,21,22). The zero-order chi connectivity index (χ0) is 16.3. The summed E-state index contributed by atoms with van der Waals surface area (Å²) < 4.78 is 0. The lowest BCUT2D eigenvalue weighted by Crippen LogP contribution is -2.58. The molecule has 2 aliphatic rings. The summed E-state index contributed by atoms with van der Waals surface area (Å²) in [7, 11) is 3.60. The largest absolute Gasteiger partial charge is 0.465 e. The van der Waals surface area contributed by atoms with Crippen LogP contribution in [0.4, 0.5) is 9.59 Å². The second-order valence-corrected chi connectivity index (χ2v) is 6.94. The lowest BCUT2D eigenvalue weighted by molar-refractivity contribution is 0.0404. The molecule has 2 unspecified atom stereocenters. The molecule has 2 fully saturated rings. The van der Waals surface area contributed by atoms with Gasteiger partial charge in [-0.3, -0.25) is 0 Å². The van der Waals surface area contributed by atoms with Crippen LogP contribution in [0.2, 0.25) is 0 Å². The van der Waals surface area contributed by atoms with Gasteiger partial charge in [0.05, 0.1) is 0 Å². The first-order valence-electron chi connectivity index (χ1n) is 8.39. The zero-order valence-corrected chi connectivity index (χ0v) is 14.0. The summed E-state index contributed by atoms with van der Waals surface area (Å²) in [6.45, 7) is 3.11. The van der Waals surface area contributed by atoms with E-state index in [-0.39, 0.29) is 18.0 Å². The maximum atomic E-state index is 12.7. The lowest BCUT2D eigenvalue weighted by Gasteiger charge is -2.47. The fourth-order valence-electron chi connectivity index (χ4n) is 3.88. The maximum Gasteiger partial charge on any atom is 0.407 e. The van der Waals surface area contributed by atoms with Crippen LogP contribution in [0.1, 0.15) is 45.4 Å². The minimum atomic E-state index is -0.853. The Morgan fingerprint density at radius 2 is 1.73 bits per heavy atom. The fourth-order valence-corrected chi connectivity index (χ4v) is 3.88. The molecule has 3 amide bonds. The monoisotopic (exact) mass is 311 g/mol. The number of hydrogen-bond donors (Lipinski definition) is 1. The third kappa shape index (κ3) is 3.65. The van der Waals surface area contributed by atoms with Crippen molar-refractivity contribution in [1.29, 1.82) is 0 Å². The summed E-state index contributed by atoms with van der Waals surface area (Å²) in [5, 5.41) is 9.16. The molecule has 0 aromatic carbocycles. The van der Waals surface area contributed by atoms with Gasteiger partial charge in [0.25, 0.3) is 0 Å². The van der Waals surface area contributed by atoms with Crippen LogP contribution in [0, 0.1) is 5.92 Å². The van der Waals surface area contributed by atoms with E-state index in [0.717, 1.165) is 19.3 Å². The van der Waals surface area contributed by atoms with E-state index in [9.17, 15) is 9.59 Å². The third-order valence-corrected chi connectivity index (χ3v) is 5.06. The van der Waals surface area contributed by atoms with Gasteiger partial charge in [0.15, 0.2) is 0 Å². The van der Waals surface area contributed by atoms with E-state index in [1.54, 1.807) is 19.0 Å². The average molecular weight is 311 g/mol. The van der Waals surface area contributed by atoms with Gasteiger partial charge in [0.2, 0.25) is 0 Å². The van der Waals surface area contributed by atoms with E-state index >= 15 is 0 Å². The molecule has 1 aliphatic carbocycles. The summed E-state index contributed by atoms with van der Waals surface area (Å²) in [5.74, 6) is 0.177. The van der Waals surface area contributed by atoms with E-state index in [4.69, 9.17) is 5.11 Å². The van der Waals surface area contributed by atoms with Crippen molar-refractivity contribution in [1.82, 2.24) is 14.7 Å². The van der Waals surface area contributed by atoms with Crippen molar-refractivity contribution in [3.63, 3.8) is 0 Å². The fraction of sp³-hybridized carbons (Fsp3) is 0.875. The molecule has 1 aliphatic heterocycles. The number of rotatable bonds is 2. The van der Waals surface area contributed by atoms with Crippen molar-refractivity contribution >= 4 is 12.1 Å². The van der Waals surface area contributed by atoms with Gasteiger partial charge in [0, 0.05) is 39.3 Å². The number of carboxylic acid groups (broad SMARTS) is 1. The SMILES string of the molecule is CC1CN(C(=O)O)CCC1N(C(=O)N(C)C)C1CCCCC1. The van der Waals surface area contributed by atoms with Gasteiger partial charge in [-0.15, -0.1) is 0 Å². The van der Waals surface area contributed by atoms with E-state index in [1.165, 1.54) is 24.2 Å². The summed E-state index contributed by atoms with van der Waals surface area (Å²) in [5.41, 5.74) is 0. The lowest BCUT2D eigenvalue weighted by atomic mass is 9.87. The predicted octanol–water partition coefficient (Wildman–Crippen LogP) is 2.69. The summed E-state index contributed by atoms with van der Waals surface area (Å²) in [4.78, 5) is 29.1. The number of hydrogen-bond acceptors (Lipinski definition) is 2. The predicted molar refractivity (Wildman–Crippen MR) is 85.0 cm³/mol. The van der Waals surface area contributed by atoms with E-state index < -0.39 is 6.09 Å². The quantitative estimate of drug-likeness (QED) is 0.853. The number of carbonyl (C=O) groups is 2. The van der Waals surface area contributed by atoms with Crippen molar-refractivity contribution in [2.45, 2.75) is 57.5 Å². The van der Waals surface area contributed by atoms with Crippen molar-refractivity contribution in [2.75, 3.05) is 27.2 Å². The molecule has 0 aromatic heterocycles. The molecule has 2 rings (SSSR count). The molecule has 6 nitrogen and oxygen atoms in total. The summed E-state index contributed by atoms with van der Waals surface area (Å²) in [6, 6.07) is 0.536. The minimum absolute atomic E-state index is 0.0764. The molecule has 1 saturated heterocycles. The van der Waals surface area contributed by atoms with Crippen LogP contribution in [-0.2, 0) is 0 Å². The number of piperidine rings is 1. The Morgan fingerprint density at radius 1 is 1.09 bits per heavy atom. The number of carbonyl (C=O) groups excluding carboxylic acids is 1. The molecule has 6 heteroatoms. The molecular weight excluding hydrogens is 282 g/mol. The molecule has 1 N–H and O–H groups in total. The topological polar surface area (TPSA) is 64.1 Å². The van der Waals surface area contributed by atoms with Gasteiger partial charge >= 0.3 is 12.1 Å². The molecule has 1 heterocycles. The average Bonchev–Trinajstić information content (AvgIpc) is 2.49. The van der Waals surface area contributed by atoms with E-state index in [1.807, 2.05) is 0 Å². The summed E-state index contributed by atoms with van der Waals surface area (Å²) in [6.07, 6.45) is 5.66. The van der Waals surface area contributed by atoms with Crippen molar-refractivity contribution in [2.24, 2.45) is 5.92 Å². The molecule has 0 radical (unpaired) electrons. The Labute approximate surface area is 133 Å². The van der Waals surface area contributed by atoms with Gasteiger partial charge in [-0.1, -0.05) is 26.2 Å². The van der Waals surface area contributed by atoms with Crippen LogP contribution < -0.4 is 0 Å². The smallest absolute Gasteiger partial charge is 0.407 e. The first kappa shape index (κ1) is 16.9. The van der Waals surface area contributed by atoms with Crippen LogP contribution in [0.15, 0.2) is 0 Å². The minimum Gasteiger partial charge on any atom is -0.465 e. The Balaban J connectivity index is 2.14. The number of urea groups is 1. The number of nitrogens with zero attached hydrogens (tertiary/aromatic N) is 3. The van der Waals surface area contributed by atoms with Crippen molar-refractivity contribution in [3.8, 4) is 0 Å².